The Morgan fingerprint density at radius 3 is 2.57 bits per heavy atom. The first-order valence-corrected chi connectivity index (χ1v) is 9.67. The van der Waals surface area contributed by atoms with Gasteiger partial charge in [-0.3, -0.25) is 4.79 Å². The number of hydrogen-bond donors (Lipinski definition) is 2. The van der Waals surface area contributed by atoms with Crippen molar-refractivity contribution in [3.63, 3.8) is 0 Å². The van der Waals surface area contributed by atoms with Crippen molar-refractivity contribution in [2.45, 2.75) is 31.1 Å². The molecule has 3 N–H and O–H groups in total. The fourth-order valence-corrected chi connectivity index (χ4v) is 3.40. The molecule has 1 amide bonds. The van der Waals surface area contributed by atoms with Crippen LogP contribution in [0.1, 0.15) is 34.4 Å². The minimum absolute atomic E-state index is 0.0798. The normalized spacial score (nSPS) is 11.4. The Kier molecular flexibility index (Phi) is 5.86. The summed E-state index contributed by atoms with van der Waals surface area (Å²) < 4.78 is 22.3. The lowest BCUT2D eigenvalue weighted by molar-refractivity contribution is 0.0949. The van der Waals surface area contributed by atoms with Crippen molar-refractivity contribution in [2.24, 2.45) is 5.14 Å². The quantitative estimate of drug-likeness (QED) is 0.791. The average Bonchev–Trinajstić information content (AvgIpc) is 2.96. The molecule has 0 saturated heterocycles. The molecule has 23 heavy (non-hydrogen) atoms. The standard InChI is InChI=1S/C15H19N3O3S2/c1-2-3-14-18-13(10-22-14)15(19)17-9-8-11-4-6-12(7-5-11)23(16,20)21/h4-7,10H,2-3,8-9H2,1H3,(H,17,19)(H2,16,20,21). The highest BCUT2D eigenvalue weighted by Gasteiger charge is 2.10. The molecule has 6 nitrogen and oxygen atoms in total. The second-order valence-corrected chi connectivity index (χ2v) is 7.58. The van der Waals surface area contributed by atoms with Gasteiger partial charge in [0.15, 0.2) is 0 Å². The molecule has 0 radical (unpaired) electrons. The van der Waals surface area contributed by atoms with Crippen LogP contribution in [0.3, 0.4) is 0 Å². The minimum atomic E-state index is -3.67. The van der Waals surface area contributed by atoms with E-state index < -0.39 is 10.0 Å². The zero-order chi connectivity index (χ0) is 16.9. The second kappa shape index (κ2) is 7.67. The van der Waals surface area contributed by atoms with Crippen LogP contribution in [0.4, 0.5) is 0 Å². The van der Waals surface area contributed by atoms with Gasteiger partial charge >= 0.3 is 0 Å². The van der Waals surface area contributed by atoms with Crippen molar-refractivity contribution in [1.82, 2.24) is 10.3 Å². The predicted molar refractivity (Wildman–Crippen MR) is 90.0 cm³/mol. The van der Waals surface area contributed by atoms with Gasteiger partial charge in [-0.05, 0) is 37.0 Å². The summed E-state index contributed by atoms with van der Waals surface area (Å²) in [6.45, 7) is 2.52. The monoisotopic (exact) mass is 353 g/mol. The molecule has 1 heterocycles. The Balaban J connectivity index is 1.85. The number of rotatable bonds is 7. The van der Waals surface area contributed by atoms with Crippen molar-refractivity contribution in [1.29, 1.82) is 0 Å². The number of carbonyl (C=O) groups excluding carboxylic acids is 1. The van der Waals surface area contributed by atoms with E-state index in [1.165, 1.54) is 23.5 Å². The van der Waals surface area contributed by atoms with Crippen LogP contribution in [-0.4, -0.2) is 25.9 Å². The molecule has 2 aromatic rings. The zero-order valence-corrected chi connectivity index (χ0v) is 14.4. The summed E-state index contributed by atoms with van der Waals surface area (Å²) in [5.41, 5.74) is 1.37. The van der Waals surface area contributed by atoms with Gasteiger partial charge in [-0.25, -0.2) is 18.5 Å². The van der Waals surface area contributed by atoms with Gasteiger partial charge in [-0.1, -0.05) is 19.1 Å². The molecular formula is C15H19N3O3S2. The van der Waals surface area contributed by atoms with E-state index in [1.54, 1.807) is 17.5 Å². The molecule has 124 valence electrons. The number of nitrogens with one attached hydrogen (secondary N) is 1. The molecular weight excluding hydrogens is 334 g/mol. The van der Waals surface area contributed by atoms with Gasteiger partial charge in [0.2, 0.25) is 10.0 Å². The summed E-state index contributed by atoms with van der Waals surface area (Å²) in [4.78, 5) is 16.3. The Labute approximate surface area is 139 Å². The fraction of sp³-hybridized carbons (Fsp3) is 0.333. The SMILES string of the molecule is CCCc1nc(C(=O)NCCc2ccc(S(N)(=O)=O)cc2)cs1. The number of hydrogen-bond acceptors (Lipinski definition) is 5. The molecule has 0 fully saturated rings. The van der Waals surface area contributed by atoms with E-state index in [0.717, 1.165) is 23.4 Å². The molecule has 0 atom stereocenters. The van der Waals surface area contributed by atoms with Gasteiger partial charge in [-0.15, -0.1) is 11.3 Å². The number of nitrogens with zero attached hydrogens (tertiary/aromatic N) is 1. The maximum atomic E-state index is 12.0. The van der Waals surface area contributed by atoms with Crippen LogP contribution in [-0.2, 0) is 22.9 Å². The first kappa shape index (κ1) is 17.6. The van der Waals surface area contributed by atoms with Crippen molar-refractivity contribution < 1.29 is 13.2 Å². The van der Waals surface area contributed by atoms with E-state index in [2.05, 4.69) is 17.2 Å². The van der Waals surface area contributed by atoms with E-state index in [0.29, 0.717) is 18.7 Å². The van der Waals surface area contributed by atoms with Gasteiger partial charge in [0.05, 0.1) is 9.90 Å². The first-order chi connectivity index (χ1) is 10.9. The number of thiazole rings is 1. The smallest absolute Gasteiger partial charge is 0.270 e. The van der Waals surface area contributed by atoms with Crippen molar-refractivity contribution >= 4 is 27.3 Å². The molecule has 0 aliphatic heterocycles. The van der Waals surface area contributed by atoms with Crippen LogP contribution < -0.4 is 10.5 Å². The lowest BCUT2D eigenvalue weighted by atomic mass is 10.1. The summed E-state index contributed by atoms with van der Waals surface area (Å²) in [6.07, 6.45) is 2.49. The molecule has 0 bridgehead atoms. The highest BCUT2D eigenvalue weighted by atomic mass is 32.2. The number of amides is 1. The van der Waals surface area contributed by atoms with Crippen molar-refractivity contribution in [3.05, 3.63) is 45.9 Å². The third-order valence-corrected chi connectivity index (χ3v) is 5.04. The van der Waals surface area contributed by atoms with Gasteiger partial charge < -0.3 is 5.32 Å². The number of aromatic nitrogens is 1. The molecule has 0 aliphatic rings. The third-order valence-electron chi connectivity index (χ3n) is 3.20. The number of primary sulfonamides is 1. The lowest BCUT2D eigenvalue weighted by Gasteiger charge is -2.04. The van der Waals surface area contributed by atoms with E-state index >= 15 is 0 Å². The number of sulfonamides is 1. The number of nitrogens with two attached hydrogens (primary N) is 1. The first-order valence-electron chi connectivity index (χ1n) is 7.24. The molecule has 0 saturated carbocycles. The van der Waals surface area contributed by atoms with Crippen LogP contribution in [0.25, 0.3) is 0 Å². The summed E-state index contributed by atoms with van der Waals surface area (Å²) >= 11 is 1.50. The van der Waals surface area contributed by atoms with Gasteiger partial charge in [0.1, 0.15) is 5.69 Å². The van der Waals surface area contributed by atoms with Gasteiger partial charge in [0.25, 0.3) is 5.91 Å². The number of carbonyl (C=O) groups is 1. The third kappa shape index (κ3) is 5.12. The largest absolute Gasteiger partial charge is 0.350 e. The topological polar surface area (TPSA) is 102 Å². The fourth-order valence-electron chi connectivity index (χ4n) is 2.00. The maximum absolute atomic E-state index is 12.0. The highest BCUT2D eigenvalue weighted by Crippen LogP contribution is 2.12. The van der Waals surface area contributed by atoms with Crippen molar-refractivity contribution in [2.75, 3.05) is 6.54 Å². The van der Waals surface area contributed by atoms with E-state index in [9.17, 15) is 13.2 Å². The Hall–Kier alpha value is -1.77. The Morgan fingerprint density at radius 2 is 1.96 bits per heavy atom. The van der Waals surface area contributed by atoms with Crippen LogP contribution in [0.15, 0.2) is 34.5 Å². The molecule has 0 unspecified atom stereocenters. The van der Waals surface area contributed by atoms with Crippen molar-refractivity contribution in [3.8, 4) is 0 Å². The van der Waals surface area contributed by atoms with E-state index in [-0.39, 0.29) is 10.8 Å². The number of aryl methyl sites for hydroxylation is 1. The highest BCUT2D eigenvalue weighted by molar-refractivity contribution is 7.89. The molecule has 8 heteroatoms. The average molecular weight is 353 g/mol. The maximum Gasteiger partial charge on any atom is 0.270 e. The predicted octanol–water partition coefficient (Wildman–Crippen LogP) is 1.72. The van der Waals surface area contributed by atoms with Crippen LogP contribution >= 0.6 is 11.3 Å². The van der Waals surface area contributed by atoms with E-state index in [1.807, 2.05) is 0 Å². The summed E-state index contributed by atoms with van der Waals surface area (Å²) in [6, 6.07) is 6.30. The molecule has 1 aromatic heterocycles. The molecule has 2 rings (SSSR count). The summed E-state index contributed by atoms with van der Waals surface area (Å²) in [5.74, 6) is -0.190. The summed E-state index contributed by atoms with van der Waals surface area (Å²) in [5, 5.41) is 10.6. The van der Waals surface area contributed by atoms with Gasteiger partial charge in [-0.2, -0.15) is 0 Å². The van der Waals surface area contributed by atoms with Crippen LogP contribution in [0, 0.1) is 0 Å². The number of benzene rings is 1. The van der Waals surface area contributed by atoms with Crippen LogP contribution in [0.2, 0.25) is 0 Å². The second-order valence-electron chi connectivity index (χ2n) is 5.07. The Bertz CT molecular complexity index is 768. The molecule has 0 spiro atoms. The summed E-state index contributed by atoms with van der Waals surface area (Å²) in [7, 11) is -3.67. The van der Waals surface area contributed by atoms with Crippen LogP contribution in [0.5, 0.6) is 0 Å². The lowest BCUT2D eigenvalue weighted by Crippen LogP contribution is -2.26. The zero-order valence-electron chi connectivity index (χ0n) is 12.8. The van der Waals surface area contributed by atoms with E-state index in [4.69, 9.17) is 5.14 Å². The molecule has 0 aliphatic carbocycles. The Morgan fingerprint density at radius 1 is 1.26 bits per heavy atom. The minimum Gasteiger partial charge on any atom is -0.350 e. The van der Waals surface area contributed by atoms with Gasteiger partial charge in [0, 0.05) is 11.9 Å². The molecule has 1 aromatic carbocycles.